The Balaban J connectivity index is 1.75. The first-order valence-electron chi connectivity index (χ1n) is 10.4. The fourth-order valence-electron chi connectivity index (χ4n) is 3.94. The molecule has 0 N–H and O–H groups in total. The Hall–Kier alpha value is -2.74. The molecular weight excluding hydrogens is 398 g/mol. The van der Waals surface area contributed by atoms with Gasteiger partial charge in [-0.15, -0.1) is 0 Å². The molecule has 1 aromatic carbocycles. The number of aryl methyl sites for hydroxylation is 3. The second-order valence-corrected chi connectivity index (χ2v) is 8.33. The van der Waals surface area contributed by atoms with E-state index < -0.39 is 0 Å². The SMILES string of the molecule is CCOC(=O)c1cnc2c(C)c(C)ccc2c1N1CCCN(c2nc(C)ns2)CC1. The predicted molar refractivity (Wildman–Crippen MR) is 121 cm³/mol. The van der Waals surface area contributed by atoms with Crippen LogP contribution in [0.5, 0.6) is 0 Å². The van der Waals surface area contributed by atoms with Crippen LogP contribution in [0.25, 0.3) is 10.9 Å². The van der Waals surface area contributed by atoms with Crippen LogP contribution in [-0.2, 0) is 4.74 Å². The van der Waals surface area contributed by atoms with E-state index in [0.29, 0.717) is 12.2 Å². The molecule has 0 spiro atoms. The second kappa shape index (κ2) is 8.55. The summed E-state index contributed by atoms with van der Waals surface area (Å²) in [5, 5.41) is 1.97. The largest absolute Gasteiger partial charge is 0.462 e. The quantitative estimate of drug-likeness (QED) is 0.587. The van der Waals surface area contributed by atoms with E-state index in [-0.39, 0.29) is 5.97 Å². The normalized spacial score (nSPS) is 14.8. The number of anilines is 2. The molecule has 1 aliphatic heterocycles. The van der Waals surface area contributed by atoms with Gasteiger partial charge in [0.15, 0.2) is 0 Å². The van der Waals surface area contributed by atoms with E-state index in [1.807, 2.05) is 13.8 Å². The van der Waals surface area contributed by atoms with Gasteiger partial charge in [-0.05, 0) is 45.2 Å². The van der Waals surface area contributed by atoms with Crippen LogP contribution in [0.3, 0.4) is 0 Å². The Morgan fingerprint density at radius 2 is 1.90 bits per heavy atom. The molecule has 1 aliphatic rings. The number of hydrogen-bond donors (Lipinski definition) is 0. The zero-order valence-corrected chi connectivity index (χ0v) is 18.8. The van der Waals surface area contributed by atoms with Crippen LogP contribution in [0.2, 0.25) is 0 Å². The van der Waals surface area contributed by atoms with Crippen molar-refractivity contribution in [3.05, 3.63) is 40.8 Å². The summed E-state index contributed by atoms with van der Waals surface area (Å²) in [6.45, 7) is 11.6. The minimum absolute atomic E-state index is 0.319. The van der Waals surface area contributed by atoms with Gasteiger partial charge in [0.25, 0.3) is 0 Å². The molecule has 0 saturated carbocycles. The lowest BCUT2D eigenvalue weighted by Crippen LogP contribution is -2.32. The highest BCUT2D eigenvalue weighted by molar-refractivity contribution is 7.09. The van der Waals surface area contributed by atoms with Crippen molar-refractivity contribution < 1.29 is 9.53 Å². The second-order valence-electron chi connectivity index (χ2n) is 7.60. The number of pyridine rings is 1. The van der Waals surface area contributed by atoms with E-state index in [9.17, 15) is 4.79 Å². The van der Waals surface area contributed by atoms with Crippen molar-refractivity contribution >= 4 is 39.2 Å². The van der Waals surface area contributed by atoms with Gasteiger partial charge < -0.3 is 14.5 Å². The van der Waals surface area contributed by atoms with Crippen molar-refractivity contribution in [2.45, 2.75) is 34.1 Å². The average Bonchev–Trinajstić information content (AvgIpc) is 3.02. The van der Waals surface area contributed by atoms with Crippen molar-refractivity contribution in [3.8, 4) is 0 Å². The van der Waals surface area contributed by atoms with E-state index >= 15 is 0 Å². The summed E-state index contributed by atoms with van der Waals surface area (Å²) < 4.78 is 9.68. The third kappa shape index (κ3) is 3.84. The van der Waals surface area contributed by atoms with Crippen LogP contribution in [-0.4, -0.2) is 53.1 Å². The zero-order valence-electron chi connectivity index (χ0n) is 17.9. The molecule has 158 valence electrons. The number of benzene rings is 1. The Kier molecular flexibility index (Phi) is 5.85. The summed E-state index contributed by atoms with van der Waals surface area (Å²) >= 11 is 1.45. The Morgan fingerprint density at radius 3 is 2.63 bits per heavy atom. The molecule has 1 fully saturated rings. The molecule has 0 atom stereocenters. The first kappa shape index (κ1) is 20.5. The smallest absolute Gasteiger partial charge is 0.341 e. The number of rotatable bonds is 4. The lowest BCUT2D eigenvalue weighted by atomic mass is 10.0. The minimum atomic E-state index is -0.319. The van der Waals surface area contributed by atoms with Crippen molar-refractivity contribution in [3.63, 3.8) is 0 Å². The topological polar surface area (TPSA) is 71.5 Å². The Labute approximate surface area is 180 Å². The maximum Gasteiger partial charge on any atom is 0.341 e. The van der Waals surface area contributed by atoms with E-state index in [2.05, 4.69) is 50.1 Å². The average molecular weight is 426 g/mol. The number of fused-ring (bicyclic) bond motifs is 1. The molecule has 0 unspecified atom stereocenters. The highest BCUT2D eigenvalue weighted by Gasteiger charge is 2.25. The number of esters is 1. The Morgan fingerprint density at radius 1 is 1.13 bits per heavy atom. The molecular formula is C22H27N5O2S. The lowest BCUT2D eigenvalue weighted by Gasteiger charge is -2.27. The molecule has 1 saturated heterocycles. The van der Waals surface area contributed by atoms with E-state index in [1.165, 1.54) is 17.1 Å². The van der Waals surface area contributed by atoms with Gasteiger partial charge in [-0.1, -0.05) is 12.1 Å². The fourth-order valence-corrected chi connectivity index (χ4v) is 4.67. The molecule has 0 aliphatic carbocycles. The summed E-state index contributed by atoms with van der Waals surface area (Å²) in [7, 11) is 0. The molecule has 7 nitrogen and oxygen atoms in total. The molecule has 0 radical (unpaired) electrons. The van der Waals surface area contributed by atoms with Crippen LogP contribution in [0.1, 0.15) is 40.7 Å². The first-order valence-corrected chi connectivity index (χ1v) is 11.1. The van der Waals surface area contributed by atoms with Crippen LogP contribution in [0, 0.1) is 20.8 Å². The molecule has 2 aromatic heterocycles. The van der Waals surface area contributed by atoms with Crippen molar-refractivity contribution in [2.24, 2.45) is 0 Å². The van der Waals surface area contributed by atoms with Gasteiger partial charge in [-0.2, -0.15) is 4.37 Å². The van der Waals surface area contributed by atoms with Gasteiger partial charge in [-0.3, -0.25) is 4.98 Å². The van der Waals surface area contributed by atoms with Crippen molar-refractivity contribution in [1.82, 2.24) is 14.3 Å². The summed E-state index contributed by atoms with van der Waals surface area (Å²) in [5.41, 5.74) is 4.74. The summed E-state index contributed by atoms with van der Waals surface area (Å²) in [6.07, 6.45) is 2.65. The van der Waals surface area contributed by atoms with Gasteiger partial charge in [0.05, 0.1) is 17.8 Å². The third-order valence-corrected chi connectivity index (χ3v) is 6.50. The number of carbonyl (C=O) groups is 1. The van der Waals surface area contributed by atoms with Crippen LogP contribution < -0.4 is 9.80 Å². The van der Waals surface area contributed by atoms with Crippen molar-refractivity contribution in [2.75, 3.05) is 42.6 Å². The number of carbonyl (C=O) groups excluding carboxylic acids is 1. The van der Waals surface area contributed by atoms with Gasteiger partial charge >= 0.3 is 5.97 Å². The summed E-state index contributed by atoms with van der Waals surface area (Å²) in [6, 6.07) is 4.19. The molecule has 0 amide bonds. The van der Waals surface area contributed by atoms with Gasteiger partial charge in [0.2, 0.25) is 5.13 Å². The predicted octanol–water partition coefficient (Wildman–Crippen LogP) is 3.90. The monoisotopic (exact) mass is 425 g/mol. The van der Waals surface area contributed by atoms with Crippen LogP contribution >= 0.6 is 11.5 Å². The first-order chi connectivity index (χ1) is 14.5. The summed E-state index contributed by atoms with van der Waals surface area (Å²) in [4.78, 5) is 26.5. The van der Waals surface area contributed by atoms with Crippen LogP contribution in [0.15, 0.2) is 18.3 Å². The molecule has 3 heterocycles. The van der Waals surface area contributed by atoms with Crippen molar-refractivity contribution in [1.29, 1.82) is 0 Å². The van der Waals surface area contributed by atoms with E-state index in [4.69, 9.17) is 4.74 Å². The minimum Gasteiger partial charge on any atom is -0.462 e. The van der Waals surface area contributed by atoms with Gasteiger partial charge in [-0.25, -0.2) is 9.78 Å². The lowest BCUT2D eigenvalue weighted by molar-refractivity contribution is 0.0527. The zero-order chi connectivity index (χ0) is 21.3. The molecule has 3 aromatic rings. The Bertz CT molecular complexity index is 1080. The fraction of sp³-hybridized carbons (Fsp3) is 0.455. The number of nitrogens with zero attached hydrogens (tertiary/aromatic N) is 5. The van der Waals surface area contributed by atoms with E-state index in [1.54, 1.807) is 6.20 Å². The maximum atomic E-state index is 12.8. The van der Waals surface area contributed by atoms with Gasteiger partial charge in [0.1, 0.15) is 11.4 Å². The maximum absolute atomic E-state index is 12.8. The highest BCUT2D eigenvalue weighted by atomic mass is 32.1. The molecule has 30 heavy (non-hydrogen) atoms. The standard InChI is InChI=1S/C22H27N5O2S/c1-5-29-21(28)18-13-23-19-15(3)14(2)7-8-17(19)20(18)26-9-6-10-27(12-11-26)22-24-16(4)25-30-22/h7-8,13H,5-6,9-12H2,1-4H3. The highest BCUT2D eigenvalue weighted by Crippen LogP contribution is 2.34. The third-order valence-electron chi connectivity index (χ3n) is 5.63. The molecule has 0 bridgehead atoms. The number of hydrogen-bond acceptors (Lipinski definition) is 8. The number of ether oxygens (including phenoxy) is 1. The summed E-state index contributed by atoms with van der Waals surface area (Å²) in [5.74, 6) is 0.493. The number of aromatic nitrogens is 3. The molecule has 4 rings (SSSR count). The van der Waals surface area contributed by atoms with Crippen LogP contribution in [0.4, 0.5) is 10.8 Å². The van der Waals surface area contributed by atoms with E-state index in [0.717, 1.165) is 65.7 Å². The van der Waals surface area contributed by atoms with Gasteiger partial charge in [0, 0.05) is 49.3 Å². The molecule has 8 heteroatoms.